The molecule has 1 amide bonds. The van der Waals surface area contributed by atoms with Crippen LogP contribution in [0.15, 0.2) is 0 Å². The van der Waals surface area contributed by atoms with Crippen molar-refractivity contribution in [2.75, 3.05) is 40.3 Å². The summed E-state index contributed by atoms with van der Waals surface area (Å²) in [6, 6.07) is 0. The van der Waals surface area contributed by atoms with Gasteiger partial charge in [-0.05, 0) is 0 Å². The first-order chi connectivity index (χ1) is 7.91. The summed E-state index contributed by atoms with van der Waals surface area (Å²) in [5, 5.41) is 5.43. The molecular weight excluding hydrogens is 214 g/mol. The Hall–Kier alpha value is -0.610. The summed E-state index contributed by atoms with van der Waals surface area (Å²) in [6.45, 7) is 8.50. The summed E-state index contributed by atoms with van der Waals surface area (Å²) >= 11 is 0. The highest BCUT2D eigenvalue weighted by atomic mass is 16.1. The van der Waals surface area contributed by atoms with Crippen molar-refractivity contribution in [2.45, 2.75) is 26.7 Å². The predicted octanol–water partition coefficient (Wildman–Crippen LogP) is -1.75. The Kier molecular flexibility index (Phi) is 5.40. The largest absolute Gasteiger partial charge is 0.355 e. The van der Waals surface area contributed by atoms with Crippen LogP contribution < -0.4 is 15.5 Å². The van der Waals surface area contributed by atoms with E-state index in [9.17, 15) is 4.79 Å². The van der Waals surface area contributed by atoms with Crippen molar-refractivity contribution in [3.63, 3.8) is 0 Å². The van der Waals surface area contributed by atoms with Gasteiger partial charge in [0.2, 0.25) is 5.91 Å². The molecule has 0 aromatic carbocycles. The maximum atomic E-state index is 12.0. The Morgan fingerprint density at radius 2 is 1.94 bits per heavy atom. The van der Waals surface area contributed by atoms with Crippen molar-refractivity contribution in [3.05, 3.63) is 0 Å². The van der Waals surface area contributed by atoms with Crippen molar-refractivity contribution in [1.82, 2.24) is 5.32 Å². The second-order valence-electron chi connectivity index (χ2n) is 6.41. The molecule has 0 spiro atoms. The summed E-state index contributed by atoms with van der Waals surface area (Å²) in [5.74, 6) is 0.516. The van der Waals surface area contributed by atoms with Gasteiger partial charge < -0.3 is 15.5 Å². The molecule has 1 aliphatic rings. The van der Waals surface area contributed by atoms with Crippen LogP contribution in [0.1, 0.15) is 26.7 Å². The Morgan fingerprint density at radius 1 is 1.35 bits per heavy atom. The summed E-state index contributed by atoms with van der Waals surface area (Å²) in [6.07, 6.45) is 2.07. The lowest BCUT2D eigenvalue weighted by molar-refractivity contribution is -0.865. The van der Waals surface area contributed by atoms with Gasteiger partial charge in [0, 0.05) is 30.7 Å². The summed E-state index contributed by atoms with van der Waals surface area (Å²) in [4.78, 5) is 13.4. The number of rotatable bonds is 5. The summed E-state index contributed by atoms with van der Waals surface area (Å²) in [5.41, 5.74) is 0.176. The Labute approximate surface area is 105 Å². The molecule has 1 aliphatic heterocycles. The number of nitrogens with one attached hydrogen (secondary N) is 2. The number of hydrogen-bond acceptors (Lipinski definition) is 1. The van der Waals surface area contributed by atoms with E-state index in [1.807, 2.05) is 0 Å². The first-order valence-corrected chi connectivity index (χ1v) is 6.79. The highest BCUT2D eigenvalue weighted by molar-refractivity contribution is 5.78. The third-order valence-corrected chi connectivity index (χ3v) is 3.38. The molecule has 100 valence electrons. The molecule has 0 atom stereocenters. The van der Waals surface area contributed by atoms with Crippen molar-refractivity contribution in [1.29, 1.82) is 0 Å². The molecule has 0 bridgehead atoms. The Morgan fingerprint density at radius 3 is 2.47 bits per heavy atom. The van der Waals surface area contributed by atoms with E-state index in [0.29, 0.717) is 0 Å². The van der Waals surface area contributed by atoms with Crippen LogP contribution in [0.2, 0.25) is 0 Å². The quantitative estimate of drug-likeness (QED) is 0.527. The van der Waals surface area contributed by atoms with Gasteiger partial charge in [-0.3, -0.25) is 4.79 Å². The van der Waals surface area contributed by atoms with Crippen molar-refractivity contribution in [2.24, 2.45) is 11.3 Å². The molecule has 1 rings (SSSR count). The lowest BCUT2D eigenvalue weighted by Crippen LogP contribution is -3.07. The van der Waals surface area contributed by atoms with Gasteiger partial charge in [0.1, 0.15) is 0 Å². The molecule has 4 nitrogen and oxygen atoms in total. The third kappa shape index (κ3) is 5.50. The lowest BCUT2D eigenvalue weighted by Gasteiger charge is -2.27. The second-order valence-corrected chi connectivity index (χ2v) is 6.41. The molecule has 0 aromatic rings. The topological polar surface area (TPSA) is 50.1 Å². The van der Waals surface area contributed by atoms with E-state index in [4.69, 9.17) is 0 Å². The smallest absolute Gasteiger partial charge is 0.223 e. The van der Waals surface area contributed by atoms with Gasteiger partial charge in [-0.2, -0.15) is 0 Å². The standard InChI is InChI=1S/C13H27N3O/c1-13(2,10-16(3)4)9-15-12(17)11-5-7-14-8-6-11/h11,14H,5-10H2,1-4H3,(H,15,17)/p+2. The van der Waals surface area contributed by atoms with E-state index in [-0.39, 0.29) is 17.2 Å². The van der Waals surface area contributed by atoms with Crippen LogP contribution >= 0.6 is 0 Å². The third-order valence-electron chi connectivity index (χ3n) is 3.38. The zero-order chi connectivity index (χ0) is 12.9. The highest BCUT2D eigenvalue weighted by Crippen LogP contribution is 2.12. The molecule has 17 heavy (non-hydrogen) atoms. The number of piperidine rings is 1. The Bertz CT molecular complexity index is 245. The SMILES string of the molecule is C[NH+](C)CC(C)(C)CNC(=O)C1CC[NH2+]CC1. The summed E-state index contributed by atoms with van der Waals surface area (Å²) < 4.78 is 0. The maximum Gasteiger partial charge on any atom is 0.223 e. The van der Waals surface area contributed by atoms with Crippen LogP contribution in [-0.4, -0.2) is 46.2 Å². The van der Waals surface area contributed by atoms with Crippen LogP contribution in [0, 0.1) is 11.3 Å². The normalized spacial score (nSPS) is 18.4. The molecule has 0 saturated carbocycles. The van der Waals surface area contributed by atoms with Crippen molar-refractivity contribution < 1.29 is 15.0 Å². The van der Waals surface area contributed by atoms with E-state index in [1.54, 1.807) is 0 Å². The molecule has 1 saturated heterocycles. The Balaban J connectivity index is 2.31. The number of carbonyl (C=O) groups is 1. The fourth-order valence-electron chi connectivity index (χ4n) is 2.68. The van der Waals surface area contributed by atoms with Crippen molar-refractivity contribution in [3.8, 4) is 0 Å². The van der Waals surface area contributed by atoms with E-state index < -0.39 is 0 Å². The number of amides is 1. The van der Waals surface area contributed by atoms with E-state index in [1.165, 1.54) is 4.90 Å². The minimum atomic E-state index is 0.176. The maximum absolute atomic E-state index is 12.0. The molecular formula is C13H29N3O+2. The van der Waals surface area contributed by atoms with Gasteiger partial charge >= 0.3 is 0 Å². The number of hydrogen-bond donors (Lipinski definition) is 3. The number of quaternary nitrogens is 2. The minimum absolute atomic E-state index is 0.176. The van der Waals surface area contributed by atoms with Gasteiger partial charge in [-0.25, -0.2) is 0 Å². The fraction of sp³-hybridized carbons (Fsp3) is 0.923. The van der Waals surface area contributed by atoms with Crippen LogP contribution in [0.25, 0.3) is 0 Å². The molecule has 0 radical (unpaired) electrons. The van der Waals surface area contributed by atoms with Crippen molar-refractivity contribution >= 4 is 5.91 Å². The molecule has 1 heterocycles. The molecule has 0 aliphatic carbocycles. The predicted molar refractivity (Wildman–Crippen MR) is 68.9 cm³/mol. The number of carbonyl (C=O) groups excluding carboxylic acids is 1. The highest BCUT2D eigenvalue weighted by Gasteiger charge is 2.26. The molecule has 1 fully saturated rings. The van der Waals surface area contributed by atoms with E-state index in [2.05, 4.69) is 38.6 Å². The minimum Gasteiger partial charge on any atom is -0.355 e. The monoisotopic (exact) mass is 243 g/mol. The first kappa shape index (κ1) is 14.5. The average Bonchev–Trinajstić information content (AvgIpc) is 2.25. The fourth-order valence-corrected chi connectivity index (χ4v) is 2.68. The van der Waals surface area contributed by atoms with Crippen LogP contribution in [0.4, 0.5) is 0 Å². The second kappa shape index (κ2) is 6.36. The number of nitrogens with two attached hydrogens (primary N) is 1. The zero-order valence-corrected chi connectivity index (χ0v) is 11.8. The average molecular weight is 243 g/mol. The summed E-state index contributed by atoms with van der Waals surface area (Å²) in [7, 11) is 4.31. The van der Waals surface area contributed by atoms with Gasteiger partial charge in [0.15, 0.2) is 0 Å². The molecule has 4 N–H and O–H groups in total. The van der Waals surface area contributed by atoms with Gasteiger partial charge in [0.25, 0.3) is 0 Å². The van der Waals surface area contributed by atoms with Crippen LogP contribution in [0.5, 0.6) is 0 Å². The molecule has 0 unspecified atom stereocenters. The van der Waals surface area contributed by atoms with E-state index in [0.717, 1.165) is 39.0 Å². The van der Waals surface area contributed by atoms with Crippen LogP contribution in [-0.2, 0) is 4.79 Å². The van der Waals surface area contributed by atoms with Gasteiger partial charge in [0.05, 0.1) is 33.7 Å². The van der Waals surface area contributed by atoms with Gasteiger partial charge in [-0.15, -0.1) is 0 Å². The van der Waals surface area contributed by atoms with Gasteiger partial charge in [-0.1, -0.05) is 13.8 Å². The van der Waals surface area contributed by atoms with E-state index >= 15 is 0 Å². The van der Waals surface area contributed by atoms with Crippen LogP contribution in [0.3, 0.4) is 0 Å². The first-order valence-electron chi connectivity index (χ1n) is 6.79. The zero-order valence-electron chi connectivity index (χ0n) is 11.8. The molecule has 0 aromatic heterocycles. The lowest BCUT2D eigenvalue weighted by atomic mass is 9.91. The molecule has 4 heteroatoms.